The molecule has 0 atom stereocenters. The lowest BCUT2D eigenvalue weighted by atomic mass is 10.3. The molecular formula is C14H22N4OS. The first-order valence-electron chi connectivity index (χ1n) is 6.90. The van der Waals surface area contributed by atoms with Crippen LogP contribution in [-0.4, -0.2) is 50.4 Å². The number of fused-ring (bicyclic) bond motifs is 1. The number of thiophene rings is 1. The fourth-order valence-corrected chi connectivity index (χ4v) is 2.95. The second-order valence-electron chi connectivity index (χ2n) is 4.65. The topological polar surface area (TPSA) is 50.3 Å². The number of nitrogens with one attached hydrogen (secondary N) is 1. The van der Waals surface area contributed by atoms with Crippen LogP contribution in [0.2, 0.25) is 0 Å². The number of likely N-dealkylation sites (N-methyl/N-ethyl adjacent to an activating group) is 1. The Morgan fingerprint density at radius 2 is 2.20 bits per heavy atom. The summed E-state index contributed by atoms with van der Waals surface area (Å²) in [6.45, 7) is 5.61. The Hall–Kier alpha value is -1.24. The van der Waals surface area contributed by atoms with Crippen LogP contribution in [0.3, 0.4) is 0 Å². The van der Waals surface area contributed by atoms with E-state index < -0.39 is 0 Å². The second kappa shape index (κ2) is 7.52. The largest absolute Gasteiger partial charge is 0.383 e. The highest BCUT2D eigenvalue weighted by Crippen LogP contribution is 2.29. The van der Waals surface area contributed by atoms with Crippen molar-refractivity contribution in [1.82, 2.24) is 15.3 Å². The molecule has 2 rings (SSSR count). The van der Waals surface area contributed by atoms with Gasteiger partial charge in [0.15, 0.2) is 0 Å². The molecule has 0 aromatic carbocycles. The maximum atomic E-state index is 5.01. The Labute approximate surface area is 124 Å². The van der Waals surface area contributed by atoms with Gasteiger partial charge in [-0.05, 0) is 12.5 Å². The maximum Gasteiger partial charge on any atom is 0.140 e. The molecule has 0 spiro atoms. The first kappa shape index (κ1) is 15.2. The Kier molecular flexibility index (Phi) is 5.70. The molecule has 0 aliphatic carbocycles. The summed E-state index contributed by atoms with van der Waals surface area (Å²) in [7, 11) is 3.79. The zero-order valence-electron chi connectivity index (χ0n) is 12.3. The molecule has 0 saturated carbocycles. The van der Waals surface area contributed by atoms with Gasteiger partial charge in [0.05, 0.1) is 12.0 Å². The second-order valence-corrected chi connectivity index (χ2v) is 5.76. The monoisotopic (exact) mass is 294 g/mol. The number of rotatable bonds is 8. The average molecular weight is 294 g/mol. The standard InChI is InChI=1S/C14H22N4OS/c1-4-11-9-12-13(16-10-17-14(12)20-11)18(2)7-5-15-6-8-19-3/h9-10,15H,4-8H2,1-3H3. The number of anilines is 1. The third-order valence-electron chi connectivity index (χ3n) is 3.18. The van der Waals surface area contributed by atoms with Gasteiger partial charge >= 0.3 is 0 Å². The van der Waals surface area contributed by atoms with Crippen LogP contribution in [0.5, 0.6) is 0 Å². The van der Waals surface area contributed by atoms with Gasteiger partial charge in [-0.15, -0.1) is 11.3 Å². The molecular weight excluding hydrogens is 272 g/mol. The minimum absolute atomic E-state index is 0.742. The van der Waals surface area contributed by atoms with Gasteiger partial charge < -0.3 is 15.0 Å². The molecule has 0 radical (unpaired) electrons. The van der Waals surface area contributed by atoms with E-state index in [2.05, 4.69) is 40.2 Å². The minimum atomic E-state index is 0.742. The summed E-state index contributed by atoms with van der Waals surface area (Å²) in [6.07, 6.45) is 2.70. The number of aryl methyl sites for hydroxylation is 1. The minimum Gasteiger partial charge on any atom is -0.383 e. The van der Waals surface area contributed by atoms with Crippen molar-refractivity contribution in [2.45, 2.75) is 13.3 Å². The molecule has 0 aliphatic heterocycles. The van der Waals surface area contributed by atoms with Crippen LogP contribution < -0.4 is 10.2 Å². The summed E-state index contributed by atoms with van der Waals surface area (Å²) >= 11 is 1.75. The van der Waals surface area contributed by atoms with Crippen molar-refractivity contribution in [2.75, 3.05) is 45.3 Å². The maximum absolute atomic E-state index is 5.01. The Bertz CT molecular complexity index is 543. The van der Waals surface area contributed by atoms with Crippen LogP contribution in [0.15, 0.2) is 12.4 Å². The molecule has 2 aromatic heterocycles. The number of aromatic nitrogens is 2. The third kappa shape index (κ3) is 3.65. The average Bonchev–Trinajstić information content (AvgIpc) is 2.89. The molecule has 0 saturated heterocycles. The molecule has 0 aliphatic rings. The molecule has 0 amide bonds. The van der Waals surface area contributed by atoms with E-state index in [4.69, 9.17) is 4.74 Å². The predicted molar refractivity (Wildman–Crippen MR) is 84.8 cm³/mol. The van der Waals surface area contributed by atoms with Crippen LogP contribution in [0.25, 0.3) is 10.2 Å². The van der Waals surface area contributed by atoms with Crippen LogP contribution in [-0.2, 0) is 11.2 Å². The smallest absolute Gasteiger partial charge is 0.140 e. The van der Waals surface area contributed by atoms with E-state index in [9.17, 15) is 0 Å². The van der Waals surface area contributed by atoms with Crippen molar-refractivity contribution in [2.24, 2.45) is 0 Å². The first-order chi connectivity index (χ1) is 9.76. The summed E-state index contributed by atoms with van der Waals surface area (Å²) < 4.78 is 5.01. The van der Waals surface area contributed by atoms with Crippen molar-refractivity contribution in [1.29, 1.82) is 0 Å². The summed E-state index contributed by atoms with van der Waals surface area (Å²) in [5, 5.41) is 4.50. The summed E-state index contributed by atoms with van der Waals surface area (Å²) in [5.41, 5.74) is 0. The van der Waals surface area contributed by atoms with E-state index in [1.165, 1.54) is 4.88 Å². The number of nitrogens with zero attached hydrogens (tertiary/aromatic N) is 3. The van der Waals surface area contributed by atoms with E-state index in [1.54, 1.807) is 24.8 Å². The van der Waals surface area contributed by atoms with Crippen molar-refractivity contribution in [3.63, 3.8) is 0 Å². The molecule has 20 heavy (non-hydrogen) atoms. The van der Waals surface area contributed by atoms with E-state index >= 15 is 0 Å². The summed E-state index contributed by atoms with van der Waals surface area (Å²) in [4.78, 5) is 13.4. The fraction of sp³-hybridized carbons (Fsp3) is 0.571. The van der Waals surface area contributed by atoms with Crippen LogP contribution in [0, 0.1) is 0 Å². The summed E-state index contributed by atoms with van der Waals surface area (Å²) in [6, 6.07) is 2.21. The predicted octanol–water partition coefficient (Wildman–Crippen LogP) is 1.93. The first-order valence-corrected chi connectivity index (χ1v) is 7.72. The molecule has 2 aromatic rings. The Morgan fingerprint density at radius 1 is 1.35 bits per heavy atom. The quantitative estimate of drug-likeness (QED) is 0.754. The molecule has 0 bridgehead atoms. The van der Waals surface area contributed by atoms with Crippen molar-refractivity contribution in [3.05, 3.63) is 17.3 Å². The Morgan fingerprint density at radius 3 is 2.95 bits per heavy atom. The number of hydrogen-bond donors (Lipinski definition) is 1. The molecule has 0 fully saturated rings. The van der Waals surface area contributed by atoms with Gasteiger partial charge in [0.2, 0.25) is 0 Å². The molecule has 0 unspecified atom stereocenters. The van der Waals surface area contributed by atoms with Crippen LogP contribution >= 0.6 is 11.3 Å². The van der Waals surface area contributed by atoms with Crippen LogP contribution in [0.1, 0.15) is 11.8 Å². The SMILES string of the molecule is CCc1cc2c(N(C)CCNCCOC)ncnc2s1. The van der Waals surface area contributed by atoms with E-state index in [-0.39, 0.29) is 0 Å². The number of hydrogen-bond acceptors (Lipinski definition) is 6. The fourth-order valence-electron chi connectivity index (χ4n) is 2.02. The van der Waals surface area contributed by atoms with E-state index in [0.29, 0.717) is 0 Å². The zero-order valence-corrected chi connectivity index (χ0v) is 13.2. The van der Waals surface area contributed by atoms with Crippen molar-refractivity contribution >= 4 is 27.4 Å². The normalized spacial score (nSPS) is 11.2. The molecule has 2 heterocycles. The molecule has 1 N–H and O–H groups in total. The molecule has 6 heteroatoms. The molecule has 110 valence electrons. The number of ether oxygens (including phenoxy) is 1. The lowest BCUT2D eigenvalue weighted by Gasteiger charge is -2.18. The van der Waals surface area contributed by atoms with Gasteiger partial charge in [-0.25, -0.2) is 9.97 Å². The Balaban J connectivity index is 2.02. The van der Waals surface area contributed by atoms with Gasteiger partial charge in [0.1, 0.15) is 17.0 Å². The van der Waals surface area contributed by atoms with Gasteiger partial charge in [0.25, 0.3) is 0 Å². The van der Waals surface area contributed by atoms with Crippen molar-refractivity contribution in [3.8, 4) is 0 Å². The third-order valence-corrected chi connectivity index (χ3v) is 4.36. The van der Waals surface area contributed by atoms with Crippen molar-refractivity contribution < 1.29 is 4.74 Å². The van der Waals surface area contributed by atoms with Gasteiger partial charge in [0, 0.05) is 38.7 Å². The lowest BCUT2D eigenvalue weighted by Crippen LogP contribution is -2.31. The van der Waals surface area contributed by atoms with E-state index in [1.807, 2.05) is 0 Å². The van der Waals surface area contributed by atoms with Gasteiger partial charge in [-0.3, -0.25) is 0 Å². The van der Waals surface area contributed by atoms with Crippen LogP contribution in [0.4, 0.5) is 5.82 Å². The van der Waals surface area contributed by atoms with E-state index in [0.717, 1.165) is 48.7 Å². The highest BCUT2D eigenvalue weighted by molar-refractivity contribution is 7.18. The zero-order chi connectivity index (χ0) is 14.4. The summed E-state index contributed by atoms with van der Waals surface area (Å²) in [5.74, 6) is 1.01. The molecule has 5 nitrogen and oxygen atoms in total. The van der Waals surface area contributed by atoms with Gasteiger partial charge in [-0.1, -0.05) is 6.92 Å². The van der Waals surface area contributed by atoms with Gasteiger partial charge in [-0.2, -0.15) is 0 Å². The lowest BCUT2D eigenvalue weighted by molar-refractivity contribution is 0.200. The number of methoxy groups -OCH3 is 1. The highest BCUT2D eigenvalue weighted by atomic mass is 32.1. The highest BCUT2D eigenvalue weighted by Gasteiger charge is 2.11.